The van der Waals surface area contributed by atoms with Crippen molar-refractivity contribution in [2.75, 3.05) is 52.7 Å². The van der Waals surface area contributed by atoms with Crippen LogP contribution in [0, 0.1) is 0 Å². The molecule has 0 saturated carbocycles. The van der Waals surface area contributed by atoms with Gasteiger partial charge in [-0.25, -0.2) is 0 Å². The lowest BCUT2D eigenvalue weighted by Crippen LogP contribution is -2.38. The van der Waals surface area contributed by atoms with Gasteiger partial charge in [0.1, 0.15) is 0 Å². The first-order valence-electron chi connectivity index (χ1n) is 4.92. The Hall–Kier alpha value is -0.160. The van der Waals surface area contributed by atoms with E-state index in [1.807, 2.05) is 0 Å². The third-order valence-electron chi connectivity index (χ3n) is 2.10. The van der Waals surface area contributed by atoms with E-state index in [0.717, 1.165) is 45.9 Å². The van der Waals surface area contributed by atoms with E-state index in [4.69, 9.17) is 14.6 Å². The van der Waals surface area contributed by atoms with Crippen LogP contribution in [0.2, 0.25) is 0 Å². The topological polar surface area (TPSA) is 41.9 Å². The number of nitrogens with zero attached hydrogens (tertiary/aromatic N) is 1. The normalized spacial score (nSPS) is 19.2. The molecule has 0 atom stereocenters. The summed E-state index contributed by atoms with van der Waals surface area (Å²) in [6, 6.07) is 0. The first-order chi connectivity index (χ1) is 6.43. The van der Waals surface area contributed by atoms with E-state index >= 15 is 0 Å². The van der Waals surface area contributed by atoms with Gasteiger partial charge in [0.15, 0.2) is 0 Å². The molecule has 1 heterocycles. The van der Waals surface area contributed by atoms with E-state index in [1.165, 1.54) is 0 Å². The molecule has 78 valence electrons. The largest absolute Gasteiger partial charge is 0.396 e. The van der Waals surface area contributed by atoms with Crippen molar-refractivity contribution >= 4 is 0 Å². The summed E-state index contributed by atoms with van der Waals surface area (Å²) in [5.74, 6) is 0. The third kappa shape index (κ3) is 5.21. The molecule has 13 heavy (non-hydrogen) atoms. The van der Waals surface area contributed by atoms with Crippen LogP contribution in [0.5, 0.6) is 0 Å². The van der Waals surface area contributed by atoms with Gasteiger partial charge in [0.25, 0.3) is 0 Å². The number of rotatable bonds is 6. The fourth-order valence-electron chi connectivity index (χ4n) is 1.29. The van der Waals surface area contributed by atoms with Crippen LogP contribution in [-0.2, 0) is 9.47 Å². The molecule has 1 aliphatic rings. The second-order valence-electron chi connectivity index (χ2n) is 3.14. The molecule has 0 radical (unpaired) electrons. The molecule has 1 rings (SSSR count). The van der Waals surface area contributed by atoms with Gasteiger partial charge in [0.05, 0.1) is 19.8 Å². The predicted octanol–water partition coefficient (Wildman–Crippen LogP) is -0.282. The lowest BCUT2D eigenvalue weighted by atomic mass is 10.4. The number of ether oxygens (including phenoxy) is 2. The summed E-state index contributed by atoms with van der Waals surface area (Å²) >= 11 is 0. The number of aliphatic hydroxyl groups excluding tert-OH is 1. The summed E-state index contributed by atoms with van der Waals surface area (Å²) in [4.78, 5) is 2.34. The zero-order valence-electron chi connectivity index (χ0n) is 8.07. The Morgan fingerprint density at radius 3 is 2.69 bits per heavy atom. The van der Waals surface area contributed by atoms with Crippen LogP contribution >= 0.6 is 0 Å². The highest BCUT2D eigenvalue weighted by Gasteiger charge is 2.08. The van der Waals surface area contributed by atoms with Gasteiger partial charge in [0.2, 0.25) is 0 Å². The maximum absolute atomic E-state index is 8.51. The van der Waals surface area contributed by atoms with Crippen molar-refractivity contribution < 1.29 is 14.6 Å². The number of aliphatic hydroxyl groups is 1. The van der Waals surface area contributed by atoms with Crippen molar-refractivity contribution in [2.45, 2.75) is 6.42 Å². The molecule has 0 amide bonds. The smallest absolute Gasteiger partial charge is 0.0594 e. The molecule has 0 unspecified atom stereocenters. The molecular formula is C9H19NO3. The molecule has 4 nitrogen and oxygen atoms in total. The van der Waals surface area contributed by atoms with Crippen molar-refractivity contribution in [3.63, 3.8) is 0 Å². The average molecular weight is 189 g/mol. The molecule has 4 heteroatoms. The predicted molar refractivity (Wildman–Crippen MR) is 49.8 cm³/mol. The summed E-state index contributed by atoms with van der Waals surface area (Å²) in [7, 11) is 0. The number of morpholine rings is 1. The monoisotopic (exact) mass is 189 g/mol. The van der Waals surface area contributed by atoms with Gasteiger partial charge in [0, 0.05) is 32.8 Å². The maximum Gasteiger partial charge on any atom is 0.0594 e. The van der Waals surface area contributed by atoms with Gasteiger partial charge < -0.3 is 14.6 Å². The lowest BCUT2D eigenvalue weighted by Gasteiger charge is -2.26. The zero-order valence-corrected chi connectivity index (χ0v) is 8.07. The highest BCUT2D eigenvalue weighted by Crippen LogP contribution is 1.95. The highest BCUT2D eigenvalue weighted by atomic mass is 16.5. The Bertz CT molecular complexity index is 115. The number of hydrogen-bond donors (Lipinski definition) is 1. The van der Waals surface area contributed by atoms with E-state index in [-0.39, 0.29) is 6.61 Å². The number of hydrogen-bond acceptors (Lipinski definition) is 4. The van der Waals surface area contributed by atoms with Gasteiger partial charge in [-0.05, 0) is 6.42 Å². The molecule has 1 fully saturated rings. The Morgan fingerprint density at radius 2 is 2.00 bits per heavy atom. The van der Waals surface area contributed by atoms with Crippen molar-refractivity contribution in [2.24, 2.45) is 0 Å². The summed E-state index contributed by atoms with van der Waals surface area (Å²) in [6.07, 6.45) is 0.739. The third-order valence-corrected chi connectivity index (χ3v) is 2.10. The van der Waals surface area contributed by atoms with E-state index in [1.54, 1.807) is 0 Å². The van der Waals surface area contributed by atoms with E-state index in [0.29, 0.717) is 6.61 Å². The molecule has 1 aliphatic heterocycles. The molecule has 0 bridgehead atoms. The summed E-state index contributed by atoms with van der Waals surface area (Å²) in [5.41, 5.74) is 0. The van der Waals surface area contributed by atoms with Crippen LogP contribution in [0.3, 0.4) is 0 Å². The second kappa shape index (κ2) is 7.26. The minimum Gasteiger partial charge on any atom is -0.396 e. The fourth-order valence-corrected chi connectivity index (χ4v) is 1.29. The van der Waals surface area contributed by atoms with E-state index in [9.17, 15) is 0 Å². The van der Waals surface area contributed by atoms with E-state index in [2.05, 4.69) is 4.90 Å². The molecule has 0 aromatic heterocycles. The molecule has 1 saturated heterocycles. The Labute approximate surface area is 79.4 Å². The van der Waals surface area contributed by atoms with Crippen LogP contribution in [-0.4, -0.2) is 62.7 Å². The van der Waals surface area contributed by atoms with Crippen molar-refractivity contribution in [1.29, 1.82) is 0 Å². The van der Waals surface area contributed by atoms with Crippen LogP contribution in [0.4, 0.5) is 0 Å². The molecule has 1 N–H and O–H groups in total. The van der Waals surface area contributed by atoms with Crippen LogP contribution in [0.1, 0.15) is 6.42 Å². The minimum atomic E-state index is 0.220. The summed E-state index contributed by atoms with van der Waals surface area (Å²) in [5, 5.41) is 8.51. The van der Waals surface area contributed by atoms with Crippen LogP contribution < -0.4 is 0 Å². The van der Waals surface area contributed by atoms with Gasteiger partial charge in [-0.15, -0.1) is 0 Å². The standard InChI is InChI=1S/C9H19NO3/c11-5-1-6-12-7-2-10-3-8-13-9-4-10/h11H,1-9H2. The Morgan fingerprint density at radius 1 is 1.23 bits per heavy atom. The maximum atomic E-state index is 8.51. The van der Waals surface area contributed by atoms with Crippen LogP contribution in [0.25, 0.3) is 0 Å². The Kier molecular flexibility index (Phi) is 6.10. The SMILES string of the molecule is OCCCOCCN1CCOCC1. The fraction of sp³-hybridized carbons (Fsp3) is 1.00. The van der Waals surface area contributed by atoms with Gasteiger partial charge in [-0.1, -0.05) is 0 Å². The van der Waals surface area contributed by atoms with E-state index < -0.39 is 0 Å². The average Bonchev–Trinajstić information content (AvgIpc) is 2.19. The van der Waals surface area contributed by atoms with Crippen molar-refractivity contribution in [3.05, 3.63) is 0 Å². The first kappa shape index (κ1) is 10.9. The lowest BCUT2D eigenvalue weighted by molar-refractivity contribution is 0.0191. The molecular weight excluding hydrogens is 170 g/mol. The first-order valence-corrected chi connectivity index (χ1v) is 4.92. The zero-order chi connectivity index (χ0) is 9.36. The van der Waals surface area contributed by atoms with Gasteiger partial charge in [-0.2, -0.15) is 0 Å². The summed E-state index contributed by atoms with van der Waals surface area (Å²) < 4.78 is 10.6. The molecule has 0 aliphatic carbocycles. The van der Waals surface area contributed by atoms with Gasteiger partial charge >= 0.3 is 0 Å². The van der Waals surface area contributed by atoms with Crippen molar-refractivity contribution in [3.8, 4) is 0 Å². The quantitative estimate of drug-likeness (QED) is 0.583. The van der Waals surface area contributed by atoms with Gasteiger partial charge in [-0.3, -0.25) is 4.90 Å². The summed E-state index contributed by atoms with van der Waals surface area (Å²) in [6.45, 7) is 6.35. The second-order valence-corrected chi connectivity index (χ2v) is 3.14. The Balaban J connectivity index is 1.86. The molecule has 0 aromatic rings. The molecule has 0 spiro atoms. The molecule has 0 aromatic carbocycles. The van der Waals surface area contributed by atoms with Crippen LogP contribution in [0.15, 0.2) is 0 Å². The van der Waals surface area contributed by atoms with Crippen molar-refractivity contribution in [1.82, 2.24) is 4.90 Å². The highest BCUT2D eigenvalue weighted by molar-refractivity contribution is 4.60. The minimum absolute atomic E-state index is 0.220.